The van der Waals surface area contributed by atoms with Gasteiger partial charge in [0, 0.05) is 5.92 Å². The van der Waals surface area contributed by atoms with Crippen LogP contribution in [0, 0.1) is 29.9 Å². The molecule has 0 spiro atoms. The maximum Gasteiger partial charge on any atom is 3.00 e. The molecule has 2 aliphatic carbocycles. The summed E-state index contributed by atoms with van der Waals surface area (Å²) in [6.07, 6.45) is 20.0. The van der Waals surface area contributed by atoms with Gasteiger partial charge in [-0.05, 0) is 11.8 Å². The summed E-state index contributed by atoms with van der Waals surface area (Å²) in [5.41, 5.74) is 6.96. The zero-order chi connectivity index (χ0) is 15.4. The molecule has 2 aliphatic rings. The van der Waals surface area contributed by atoms with Crippen LogP contribution in [0.3, 0.4) is 0 Å². The van der Waals surface area contributed by atoms with Gasteiger partial charge in [0.1, 0.15) is 0 Å². The molecule has 0 saturated heterocycles. The van der Waals surface area contributed by atoms with Crippen LogP contribution in [-0.4, -0.2) is 5.91 Å². The standard InChI is InChI=1S/C8H17NO.2C5H5.Nb/c1-5(2)7(6(3)4)8(9)10;2*1-2-4-5-3-1;/h5-7H,1-4H3,(H2,9,10);2*1-3H,4H2;/q;2*-1;+3/p-1. The van der Waals surface area contributed by atoms with Crippen LogP contribution in [0.4, 0.5) is 0 Å². The summed E-state index contributed by atoms with van der Waals surface area (Å²) in [5, 5.41) is 0. The van der Waals surface area contributed by atoms with Gasteiger partial charge in [0.15, 0.2) is 0 Å². The summed E-state index contributed by atoms with van der Waals surface area (Å²) >= 11 is 0. The second-order valence-corrected chi connectivity index (χ2v) is 5.38. The molecule has 0 aromatic rings. The van der Waals surface area contributed by atoms with E-state index in [0.717, 1.165) is 12.8 Å². The summed E-state index contributed by atoms with van der Waals surface area (Å²) in [6, 6.07) is 0. The number of amides is 1. The van der Waals surface area contributed by atoms with E-state index in [1.807, 2.05) is 52.0 Å². The van der Waals surface area contributed by atoms with Crippen LogP contribution < -0.4 is 0 Å². The van der Waals surface area contributed by atoms with Gasteiger partial charge in [-0.1, -0.05) is 27.7 Å². The Morgan fingerprint density at radius 2 is 1.33 bits per heavy atom. The first-order valence-electron chi connectivity index (χ1n) is 7.15. The van der Waals surface area contributed by atoms with Crippen LogP contribution in [0.15, 0.2) is 36.5 Å². The first-order valence-corrected chi connectivity index (χ1v) is 7.15. The van der Waals surface area contributed by atoms with Gasteiger partial charge >= 0.3 is 22.4 Å². The normalized spacial score (nSPS) is 13.9. The maximum absolute atomic E-state index is 10.7. The fourth-order valence-electron chi connectivity index (χ4n) is 2.06. The van der Waals surface area contributed by atoms with E-state index in [1.165, 1.54) is 0 Å². The summed E-state index contributed by atoms with van der Waals surface area (Å²) in [6.45, 7) is 7.93. The number of allylic oxidation sites excluding steroid dienone is 8. The Bertz CT molecular complexity index is 329. The van der Waals surface area contributed by atoms with Crippen molar-refractivity contribution in [3.8, 4) is 0 Å². The third-order valence-corrected chi connectivity index (χ3v) is 2.91. The maximum atomic E-state index is 10.7. The van der Waals surface area contributed by atoms with Crippen molar-refractivity contribution < 1.29 is 27.2 Å². The molecule has 0 radical (unpaired) electrons. The molecule has 114 valence electrons. The third kappa shape index (κ3) is 12.6. The van der Waals surface area contributed by atoms with Crippen LogP contribution in [0.2, 0.25) is 0 Å². The monoisotopic (exact) mass is 365 g/mol. The fraction of sp³-hybridized carbons (Fsp3) is 0.500. The number of nitrogens with one attached hydrogen (secondary N) is 1. The Kier molecular flexibility index (Phi) is 15.1. The van der Waals surface area contributed by atoms with Crippen LogP contribution in [0.5, 0.6) is 0 Å². The molecule has 0 aromatic heterocycles. The molecule has 2 rings (SSSR count). The van der Waals surface area contributed by atoms with E-state index in [1.54, 1.807) is 0 Å². The smallest absolute Gasteiger partial charge is 0.668 e. The second kappa shape index (κ2) is 14.1. The molecule has 1 amide bonds. The Labute approximate surface area is 145 Å². The predicted molar refractivity (Wildman–Crippen MR) is 85.6 cm³/mol. The molecular formula is C18H26NNbO. The summed E-state index contributed by atoms with van der Waals surface area (Å²) < 4.78 is 0. The molecule has 0 heterocycles. The van der Waals surface area contributed by atoms with E-state index in [4.69, 9.17) is 5.73 Å². The number of carbonyl (C=O) groups excluding carboxylic acids is 1. The molecule has 0 fully saturated rings. The topological polar surface area (TPSA) is 40.9 Å². The van der Waals surface area contributed by atoms with E-state index >= 15 is 0 Å². The van der Waals surface area contributed by atoms with Gasteiger partial charge in [-0.15, -0.1) is 12.8 Å². The van der Waals surface area contributed by atoms with Gasteiger partial charge in [-0.25, -0.2) is 24.3 Å². The number of hydrogen-bond donors (Lipinski definition) is 0. The zero-order valence-corrected chi connectivity index (χ0v) is 15.7. The quantitative estimate of drug-likeness (QED) is 0.507. The van der Waals surface area contributed by atoms with Crippen LogP contribution in [0.1, 0.15) is 40.5 Å². The van der Waals surface area contributed by atoms with E-state index < -0.39 is 5.91 Å². The van der Waals surface area contributed by atoms with Gasteiger partial charge in [0.25, 0.3) is 0 Å². The minimum absolute atomic E-state index is 0. The Hall–Kier alpha value is -0.830. The van der Waals surface area contributed by atoms with Crippen molar-refractivity contribution in [1.29, 1.82) is 0 Å². The van der Waals surface area contributed by atoms with Gasteiger partial charge in [0.2, 0.25) is 0 Å². The summed E-state index contributed by atoms with van der Waals surface area (Å²) in [4.78, 5) is 10.7. The summed E-state index contributed by atoms with van der Waals surface area (Å²) in [5.74, 6) is 0.0833. The third-order valence-electron chi connectivity index (χ3n) is 2.91. The van der Waals surface area contributed by atoms with Crippen molar-refractivity contribution in [2.24, 2.45) is 17.8 Å². The SMILES string of the molecule is CC(C)C(C([NH-])=O)C(C)C.[C-]1=CC=CC1.[C-]1=CC=CC1.[Nb+3]. The Morgan fingerprint density at radius 1 is 0.952 bits per heavy atom. The fourth-order valence-corrected chi connectivity index (χ4v) is 2.06. The molecule has 0 aliphatic heterocycles. The van der Waals surface area contributed by atoms with Crippen molar-refractivity contribution in [2.45, 2.75) is 40.5 Å². The number of carbonyl (C=O) groups is 1. The first-order chi connectivity index (χ1) is 9.46. The second-order valence-electron chi connectivity index (χ2n) is 5.38. The van der Waals surface area contributed by atoms with Crippen molar-refractivity contribution in [1.82, 2.24) is 0 Å². The van der Waals surface area contributed by atoms with E-state index in [9.17, 15) is 4.79 Å². The van der Waals surface area contributed by atoms with Gasteiger partial charge < -0.3 is 10.5 Å². The molecule has 0 bridgehead atoms. The minimum Gasteiger partial charge on any atom is -0.668 e. The van der Waals surface area contributed by atoms with Crippen molar-refractivity contribution in [2.75, 3.05) is 0 Å². The Balaban J connectivity index is 0. The molecule has 0 aromatic carbocycles. The predicted octanol–water partition coefficient (Wildman–Crippen LogP) is 5.10. The van der Waals surface area contributed by atoms with E-state index in [0.29, 0.717) is 11.8 Å². The molecule has 0 saturated carbocycles. The van der Waals surface area contributed by atoms with Crippen LogP contribution >= 0.6 is 0 Å². The Morgan fingerprint density at radius 3 is 1.38 bits per heavy atom. The molecule has 21 heavy (non-hydrogen) atoms. The molecule has 3 heteroatoms. The number of rotatable bonds is 3. The van der Waals surface area contributed by atoms with Gasteiger partial charge in [-0.3, -0.25) is 12.2 Å². The van der Waals surface area contributed by atoms with Crippen LogP contribution in [0.25, 0.3) is 5.73 Å². The first kappa shape index (κ1) is 22.5. The van der Waals surface area contributed by atoms with Crippen molar-refractivity contribution in [3.63, 3.8) is 0 Å². The van der Waals surface area contributed by atoms with E-state index in [2.05, 4.69) is 24.3 Å². The average molecular weight is 365 g/mol. The van der Waals surface area contributed by atoms with Crippen molar-refractivity contribution in [3.05, 3.63) is 54.3 Å². The molecule has 2 nitrogen and oxygen atoms in total. The largest absolute Gasteiger partial charge is 3.00 e. The molecular weight excluding hydrogens is 339 g/mol. The average Bonchev–Trinajstić information content (AvgIpc) is 3.07. The van der Waals surface area contributed by atoms with E-state index in [-0.39, 0.29) is 28.3 Å². The summed E-state index contributed by atoms with van der Waals surface area (Å²) in [7, 11) is 0. The molecule has 0 atom stereocenters. The molecule has 0 unspecified atom stereocenters. The zero-order valence-electron chi connectivity index (χ0n) is 13.5. The van der Waals surface area contributed by atoms with Gasteiger partial charge in [-0.2, -0.15) is 12.2 Å². The van der Waals surface area contributed by atoms with Gasteiger partial charge in [0.05, 0.1) is 5.91 Å². The minimum atomic E-state index is -0.426. The van der Waals surface area contributed by atoms with Crippen LogP contribution in [-0.2, 0) is 27.2 Å². The van der Waals surface area contributed by atoms with Crippen molar-refractivity contribution >= 4 is 5.91 Å². The number of hydrogen-bond acceptors (Lipinski definition) is 1. The molecule has 1 N–H and O–H groups in total.